The maximum atomic E-state index is 12.2. The lowest BCUT2D eigenvalue weighted by Crippen LogP contribution is -2.15. The quantitative estimate of drug-likeness (QED) is 0.740. The van der Waals surface area contributed by atoms with Gasteiger partial charge in [0, 0.05) is 21.4 Å². The van der Waals surface area contributed by atoms with Crippen LogP contribution in [-0.2, 0) is 11.2 Å². The summed E-state index contributed by atoms with van der Waals surface area (Å²) in [7, 11) is 0. The molecule has 0 aliphatic carbocycles. The fraction of sp³-hybridized carbons (Fsp3) is 0.176. The number of aromatic amines is 1. The molecule has 0 fully saturated rings. The lowest BCUT2D eigenvalue weighted by Gasteiger charge is -2.08. The summed E-state index contributed by atoms with van der Waals surface area (Å²) in [6.45, 7) is 3.83. The Balaban J connectivity index is 1.79. The third kappa shape index (κ3) is 2.90. The van der Waals surface area contributed by atoms with Crippen LogP contribution in [0.1, 0.15) is 17.0 Å². The van der Waals surface area contributed by atoms with E-state index in [4.69, 9.17) is 0 Å². The molecule has 1 heterocycles. The Morgan fingerprint density at radius 1 is 1.27 bits per heavy atom. The second kappa shape index (κ2) is 5.93. The molecule has 0 spiro atoms. The summed E-state index contributed by atoms with van der Waals surface area (Å²) in [6, 6.07) is 11.9. The Morgan fingerprint density at radius 2 is 2.09 bits per heavy atom. The molecule has 2 aromatic carbocycles. The third-order valence-electron chi connectivity index (χ3n) is 3.73. The van der Waals surface area contributed by atoms with E-state index in [2.05, 4.69) is 31.4 Å². The van der Waals surface area contributed by atoms with Crippen molar-refractivity contribution < 1.29 is 4.79 Å². The van der Waals surface area contributed by atoms with Gasteiger partial charge in [0.05, 0.1) is 12.1 Å². The lowest BCUT2D eigenvalue weighted by atomic mass is 10.1. The zero-order valence-electron chi connectivity index (χ0n) is 12.4. The summed E-state index contributed by atoms with van der Waals surface area (Å²) in [6.07, 6.45) is 0.324. The Kier molecular flexibility index (Phi) is 3.98. The summed E-state index contributed by atoms with van der Waals surface area (Å²) in [5, 5.41) is 12.2. The molecule has 2 N–H and O–H groups in total. The summed E-state index contributed by atoms with van der Waals surface area (Å²) in [5.41, 5.74) is 3.57. The number of nitrogens with one attached hydrogen (secondary N) is 2. The molecule has 112 valence electrons. The Morgan fingerprint density at radius 3 is 2.82 bits per heavy atom. The van der Waals surface area contributed by atoms with Crippen molar-refractivity contribution in [1.29, 1.82) is 0 Å². The monoisotopic (exact) mass is 357 g/mol. The number of carbonyl (C=O) groups is 1. The van der Waals surface area contributed by atoms with Gasteiger partial charge in [-0.15, -0.1) is 0 Å². The highest BCUT2D eigenvalue weighted by Gasteiger charge is 2.11. The van der Waals surface area contributed by atoms with E-state index in [1.165, 1.54) is 0 Å². The normalized spacial score (nSPS) is 10.9. The zero-order chi connectivity index (χ0) is 15.7. The minimum atomic E-state index is -0.0399. The zero-order valence-corrected chi connectivity index (χ0v) is 14.0. The Hall–Kier alpha value is -2.14. The van der Waals surface area contributed by atoms with Crippen molar-refractivity contribution in [2.24, 2.45) is 0 Å². The van der Waals surface area contributed by atoms with Crippen molar-refractivity contribution in [3.05, 3.63) is 57.8 Å². The van der Waals surface area contributed by atoms with Gasteiger partial charge in [0.15, 0.2) is 0 Å². The molecule has 3 rings (SSSR count). The molecule has 0 aliphatic rings. The van der Waals surface area contributed by atoms with Gasteiger partial charge >= 0.3 is 0 Å². The van der Waals surface area contributed by atoms with E-state index in [1.54, 1.807) is 0 Å². The van der Waals surface area contributed by atoms with E-state index in [1.807, 2.05) is 50.2 Å². The predicted molar refractivity (Wildman–Crippen MR) is 92.0 cm³/mol. The van der Waals surface area contributed by atoms with Gasteiger partial charge in [0.2, 0.25) is 5.91 Å². The lowest BCUT2D eigenvalue weighted by molar-refractivity contribution is -0.115. The molecule has 0 aliphatic heterocycles. The number of hydrogen-bond acceptors (Lipinski definition) is 2. The molecule has 1 amide bonds. The number of aromatic nitrogens is 2. The Labute approximate surface area is 137 Å². The van der Waals surface area contributed by atoms with E-state index in [0.29, 0.717) is 6.42 Å². The largest absolute Gasteiger partial charge is 0.326 e. The van der Waals surface area contributed by atoms with Crippen LogP contribution in [0, 0.1) is 13.8 Å². The van der Waals surface area contributed by atoms with Crippen LogP contribution in [0.4, 0.5) is 5.69 Å². The number of hydrogen-bond donors (Lipinski definition) is 2. The number of nitrogens with zero attached hydrogens (tertiary/aromatic N) is 1. The summed E-state index contributed by atoms with van der Waals surface area (Å²) < 4.78 is 1.05. The van der Waals surface area contributed by atoms with Crippen LogP contribution in [0.25, 0.3) is 10.8 Å². The molecule has 0 saturated carbocycles. The first-order valence-corrected chi connectivity index (χ1v) is 7.82. The number of aryl methyl sites for hydroxylation is 2. The first-order chi connectivity index (χ1) is 10.5. The summed E-state index contributed by atoms with van der Waals surface area (Å²) >= 11 is 3.53. The third-order valence-corrected chi connectivity index (χ3v) is 4.42. The van der Waals surface area contributed by atoms with Crippen LogP contribution < -0.4 is 5.32 Å². The number of anilines is 1. The first-order valence-electron chi connectivity index (χ1n) is 7.03. The van der Waals surface area contributed by atoms with E-state index in [9.17, 15) is 4.79 Å². The fourth-order valence-corrected chi connectivity index (χ4v) is 3.04. The molecule has 0 atom stereocenters. The van der Waals surface area contributed by atoms with Crippen LogP contribution in [-0.4, -0.2) is 16.1 Å². The van der Waals surface area contributed by atoms with Crippen LogP contribution in [0.3, 0.4) is 0 Å². The van der Waals surface area contributed by atoms with Gasteiger partial charge < -0.3 is 5.32 Å². The standard InChI is InChI=1S/C17H16BrN3O/c1-10-15(11(2)21-20-10)9-17(22)19-13-6-7-14-12(8-13)4-3-5-16(14)18/h3-8H,9H2,1-2H3,(H,19,22)(H,20,21). The van der Waals surface area contributed by atoms with Crippen molar-refractivity contribution in [3.63, 3.8) is 0 Å². The van der Waals surface area contributed by atoms with Gasteiger partial charge in [0.25, 0.3) is 0 Å². The number of amides is 1. The number of rotatable bonds is 3. The second-order valence-corrected chi connectivity index (χ2v) is 6.17. The average Bonchev–Trinajstić information content (AvgIpc) is 2.79. The minimum Gasteiger partial charge on any atom is -0.326 e. The van der Waals surface area contributed by atoms with Crippen LogP contribution >= 0.6 is 15.9 Å². The molecule has 0 saturated heterocycles. The topological polar surface area (TPSA) is 57.8 Å². The second-order valence-electron chi connectivity index (χ2n) is 5.31. The SMILES string of the molecule is Cc1n[nH]c(C)c1CC(=O)Nc1ccc2c(Br)cccc2c1. The highest BCUT2D eigenvalue weighted by molar-refractivity contribution is 9.10. The van der Waals surface area contributed by atoms with Gasteiger partial charge in [0.1, 0.15) is 0 Å². The smallest absolute Gasteiger partial charge is 0.228 e. The van der Waals surface area contributed by atoms with Gasteiger partial charge in [-0.05, 0) is 42.8 Å². The minimum absolute atomic E-state index is 0.0399. The highest BCUT2D eigenvalue weighted by Crippen LogP contribution is 2.26. The molecule has 3 aromatic rings. The predicted octanol–water partition coefficient (Wildman–Crippen LogP) is 4.12. The molecule has 22 heavy (non-hydrogen) atoms. The number of benzene rings is 2. The maximum Gasteiger partial charge on any atom is 0.228 e. The Bertz CT molecular complexity index is 835. The fourth-order valence-electron chi connectivity index (χ4n) is 2.52. The molecule has 4 nitrogen and oxygen atoms in total. The van der Waals surface area contributed by atoms with E-state index >= 15 is 0 Å². The maximum absolute atomic E-state index is 12.2. The number of fused-ring (bicyclic) bond motifs is 1. The van der Waals surface area contributed by atoms with Crippen LogP contribution in [0.2, 0.25) is 0 Å². The van der Waals surface area contributed by atoms with Crippen molar-refractivity contribution in [3.8, 4) is 0 Å². The average molecular weight is 358 g/mol. The van der Waals surface area contributed by atoms with E-state index in [-0.39, 0.29) is 5.91 Å². The molecule has 1 aromatic heterocycles. The number of carbonyl (C=O) groups excluding carboxylic acids is 1. The number of halogens is 1. The van der Waals surface area contributed by atoms with Crippen LogP contribution in [0.15, 0.2) is 40.9 Å². The molecule has 0 bridgehead atoms. The van der Waals surface area contributed by atoms with Crippen LogP contribution in [0.5, 0.6) is 0 Å². The van der Waals surface area contributed by atoms with Crippen molar-refractivity contribution in [2.75, 3.05) is 5.32 Å². The van der Waals surface area contributed by atoms with Gasteiger partial charge in [-0.3, -0.25) is 9.89 Å². The molecule has 0 unspecified atom stereocenters. The molecular formula is C17H16BrN3O. The number of H-pyrrole nitrogens is 1. The highest BCUT2D eigenvalue weighted by atomic mass is 79.9. The van der Waals surface area contributed by atoms with Crippen molar-refractivity contribution in [2.45, 2.75) is 20.3 Å². The van der Waals surface area contributed by atoms with E-state index in [0.717, 1.165) is 37.9 Å². The van der Waals surface area contributed by atoms with Crippen molar-refractivity contribution in [1.82, 2.24) is 10.2 Å². The van der Waals surface area contributed by atoms with E-state index < -0.39 is 0 Å². The molecule has 5 heteroatoms. The molecular weight excluding hydrogens is 342 g/mol. The van der Waals surface area contributed by atoms with Gasteiger partial charge in [-0.25, -0.2) is 0 Å². The summed E-state index contributed by atoms with van der Waals surface area (Å²) in [5.74, 6) is -0.0399. The van der Waals surface area contributed by atoms with Gasteiger partial charge in [-0.1, -0.05) is 34.1 Å². The molecule has 0 radical (unpaired) electrons. The summed E-state index contributed by atoms with van der Waals surface area (Å²) in [4.78, 5) is 12.2. The first kappa shape index (κ1) is 14.8. The van der Waals surface area contributed by atoms with Gasteiger partial charge in [-0.2, -0.15) is 5.10 Å². The van der Waals surface area contributed by atoms with Crippen molar-refractivity contribution >= 4 is 38.3 Å².